The van der Waals surface area contributed by atoms with Crippen LogP contribution in [0.4, 0.5) is 4.79 Å². The van der Waals surface area contributed by atoms with Gasteiger partial charge < -0.3 is 44.1 Å². The number of alkyl carbamates (subject to hydrolysis) is 1. The van der Waals surface area contributed by atoms with Gasteiger partial charge in [-0.25, -0.2) is 9.59 Å². The molecule has 1 aromatic rings. The van der Waals surface area contributed by atoms with Gasteiger partial charge in [-0.1, -0.05) is 82.3 Å². The first-order valence-corrected chi connectivity index (χ1v) is 19.5. The Balaban J connectivity index is 1.92. The molecule has 0 radical (unpaired) electrons. The molecule has 13 nitrogen and oxygen atoms in total. The molecule has 13 heteroatoms. The molecule has 13 atom stereocenters. The summed E-state index contributed by atoms with van der Waals surface area (Å²) >= 11 is 0. The number of ketones is 2. The molecule has 3 aliphatic heterocycles. The minimum Gasteiger partial charge on any atom is -0.456 e. The number of aliphatic hydroxyl groups is 2. The molecule has 3 heterocycles. The number of Topliss-reactive ketones (excluding diaryl/α,β-unsaturated/α-hetero) is 2. The molecule has 3 N–H and O–H groups in total. The molecule has 0 spiro atoms. The summed E-state index contributed by atoms with van der Waals surface area (Å²) in [6.07, 6.45) is 1.08. The second kappa shape index (κ2) is 18.2. The third-order valence-corrected chi connectivity index (χ3v) is 11.6. The van der Waals surface area contributed by atoms with E-state index in [2.05, 4.69) is 5.32 Å². The van der Waals surface area contributed by atoms with Crippen molar-refractivity contribution >= 4 is 29.7 Å². The fourth-order valence-corrected chi connectivity index (χ4v) is 8.51. The van der Waals surface area contributed by atoms with Crippen molar-refractivity contribution in [3.05, 3.63) is 54.1 Å². The van der Waals surface area contributed by atoms with Gasteiger partial charge >= 0.3 is 12.1 Å². The predicted molar refractivity (Wildman–Crippen MR) is 206 cm³/mol. The van der Waals surface area contributed by atoms with Gasteiger partial charge in [-0.05, 0) is 66.6 Å². The van der Waals surface area contributed by atoms with Crippen LogP contribution in [0.1, 0.15) is 86.6 Å². The van der Waals surface area contributed by atoms with Crippen LogP contribution in [0.25, 0.3) is 6.08 Å². The summed E-state index contributed by atoms with van der Waals surface area (Å²) in [4.78, 5) is 58.6. The lowest BCUT2D eigenvalue weighted by atomic mass is 9.72. The van der Waals surface area contributed by atoms with Crippen molar-refractivity contribution in [2.45, 2.75) is 141 Å². The van der Waals surface area contributed by atoms with Crippen molar-refractivity contribution < 1.29 is 53.1 Å². The molecule has 0 saturated carbocycles. The average molecular weight is 771 g/mol. The Hall–Kier alpha value is -3.46. The molecular formula is C42H62N2O11. The lowest BCUT2D eigenvalue weighted by molar-refractivity contribution is -0.297. The highest BCUT2D eigenvalue weighted by molar-refractivity contribution is 6.08. The van der Waals surface area contributed by atoms with Crippen LogP contribution in [0.15, 0.2) is 48.6 Å². The van der Waals surface area contributed by atoms with Gasteiger partial charge in [0.25, 0.3) is 0 Å². The highest BCUT2D eigenvalue weighted by atomic mass is 16.7. The zero-order chi connectivity index (χ0) is 40.9. The number of aliphatic hydroxyl groups excluding tert-OH is 1. The van der Waals surface area contributed by atoms with Gasteiger partial charge in [0.1, 0.15) is 18.0 Å². The average Bonchev–Trinajstić information content (AvgIpc) is 3.46. The Labute approximate surface area is 325 Å². The largest absolute Gasteiger partial charge is 0.456 e. The maximum Gasteiger partial charge on any atom is 0.408 e. The first-order valence-electron chi connectivity index (χ1n) is 19.5. The molecule has 4 rings (SSSR count). The summed E-state index contributed by atoms with van der Waals surface area (Å²) < 4.78 is 31.2. The Bertz CT molecular complexity index is 1570. The Kier molecular flexibility index (Phi) is 14.7. The number of esters is 1. The van der Waals surface area contributed by atoms with Crippen molar-refractivity contribution in [1.82, 2.24) is 10.2 Å². The van der Waals surface area contributed by atoms with Crippen LogP contribution in [-0.4, -0.2) is 119 Å². The van der Waals surface area contributed by atoms with Gasteiger partial charge in [-0.3, -0.25) is 9.59 Å². The van der Waals surface area contributed by atoms with E-state index >= 15 is 4.79 Å². The number of benzene rings is 1. The van der Waals surface area contributed by atoms with Gasteiger partial charge in [0, 0.05) is 30.2 Å². The number of hydrogen-bond donors (Lipinski definition) is 3. The van der Waals surface area contributed by atoms with Gasteiger partial charge in [-0.2, -0.15) is 0 Å². The Morgan fingerprint density at radius 3 is 2.31 bits per heavy atom. The molecule has 3 saturated heterocycles. The van der Waals surface area contributed by atoms with E-state index in [9.17, 15) is 24.6 Å². The number of likely N-dealkylation sites (N-methyl/N-ethyl adjacent to an activating group) is 1. The maximum atomic E-state index is 15.0. The van der Waals surface area contributed by atoms with E-state index in [0.717, 1.165) is 5.56 Å². The van der Waals surface area contributed by atoms with Crippen LogP contribution in [0.3, 0.4) is 0 Å². The third-order valence-electron chi connectivity index (χ3n) is 11.6. The number of carbonyl (C=O) groups excluding carboxylic acids is 4. The van der Waals surface area contributed by atoms with Crippen molar-refractivity contribution in [2.75, 3.05) is 20.7 Å². The van der Waals surface area contributed by atoms with Crippen LogP contribution in [0, 0.1) is 17.8 Å². The van der Waals surface area contributed by atoms with Crippen molar-refractivity contribution in [3.63, 3.8) is 0 Å². The van der Waals surface area contributed by atoms with E-state index in [0.29, 0.717) is 6.42 Å². The third kappa shape index (κ3) is 9.57. The zero-order valence-corrected chi connectivity index (χ0v) is 34.0. The topological polar surface area (TPSA) is 170 Å². The lowest BCUT2D eigenvalue weighted by Gasteiger charge is -2.47. The summed E-state index contributed by atoms with van der Waals surface area (Å²) in [6.45, 7) is 13.8. The molecular weight excluding hydrogens is 708 g/mol. The molecule has 0 bridgehead atoms. The van der Waals surface area contributed by atoms with Gasteiger partial charge in [-0.15, -0.1) is 0 Å². The van der Waals surface area contributed by atoms with E-state index < -0.39 is 89.5 Å². The fraction of sp³-hybridized carbons (Fsp3) is 0.667. The molecule has 4 unspecified atom stereocenters. The number of hydrogen-bond acceptors (Lipinski definition) is 12. The van der Waals surface area contributed by atoms with Crippen molar-refractivity contribution in [2.24, 2.45) is 17.8 Å². The standard InChI is InChI=1S/C42H62N2O11/c1-11-13-22-51-40(7)24-25(3)32(45)27(5)34-41(8,55-39(49)43-34)31(12-2)53-38(48)42(50,21-17-20-29-18-15-14-16-19-29)35(47)28(6)36(40)54-37-33(46)30(44(9)10)23-26(4)52-37/h11,13-20,25-28,30-31,33-34,36-37,46,50H,12,21-24H2,1-10H3,(H,43,49)/b13-11+,20-17+/t25-,26-,27+,28+,30+,31-,33-,34?,36-,37?,40+,41?,42?/m1/s1. The number of allylic oxidation sites excluding steroid dienone is 1. The number of cyclic esters (lactones) is 1. The van der Waals surface area contributed by atoms with Crippen LogP contribution in [0.2, 0.25) is 0 Å². The molecule has 3 fully saturated rings. The van der Waals surface area contributed by atoms with Crippen molar-refractivity contribution in [1.29, 1.82) is 0 Å². The number of nitrogens with one attached hydrogen (secondary N) is 1. The normalized spacial score (nSPS) is 39.5. The van der Waals surface area contributed by atoms with Crippen LogP contribution in [0.5, 0.6) is 0 Å². The van der Waals surface area contributed by atoms with E-state index in [1.807, 2.05) is 63.2 Å². The summed E-state index contributed by atoms with van der Waals surface area (Å²) in [5.74, 6) is -5.22. The number of ether oxygens (including phenoxy) is 5. The Morgan fingerprint density at radius 2 is 1.69 bits per heavy atom. The molecule has 1 amide bonds. The van der Waals surface area contributed by atoms with E-state index in [1.165, 1.54) is 13.0 Å². The second-order valence-corrected chi connectivity index (χ2v) is 16.1. The molecule has 1 aromatic carbocycles. The summed E-state index contributed by atoms with van der Waals surface area (Å²) in [7, 11) is 3.69. The second-order valence-electron chi connectivity index (χ2n) is 16.1. The van der Waals surface area contributed by atoms with E-state index in [4.69, 9.17) is 23.7 Å². The summed E-state index contributed by atoms with van der Waals surface area (Å²) in [6, 6.07) is 7.93. The van der Waals surface area contributed by atoms with Crippen LogP contribution in [-0.2, 0) is 38.1 Å². The first kappa shape index (κ1) is 44.3. The molecule has 55 heavy (non-hydrogen) atoms. The number of fused-ring (bicyclic) bond motifs is 1. The molecule has 0 aliphatic carbocycles. The summed E-state index contributed by atoms with van der Waals surface area (Å²) in [5, 5.41) is 26.8. The lowest BCUT2D eigenvalue weighted by Crippen LogP contribution is -2.62. The SMILES string of the molecule is C/C=C/CO[C@@]1(C)C[C@@H](C)C(=O)[C@H](C)C2NC(=O)OC2(C)[C@@H](CC)OC(=O)C(O)(C/C=C/c2ccccc2)C(=O)[C@H](C)[C@H]1OC1O[C@H](C)C[C@H](N(C)C)[C@H]1O. The monoisotopic (exact) mass is 770 g/mol. The number of rotatable bonds is 10. The van der Waals surface area contributed by atoms with Crippen LogP contribution >= 0.6 is 0 Å². The fourth-order valence-electron chi connectivity index (χ4n) is 8.51. The van der Waals surface area contributed by atoms with E-state index in [-0.39, 0.29) is 37.4 Å². The zero-order valence-electron chi connectivity index (χ0n) is 34.0. The van der Waals surface area contributed by atoms with Crippen LogP contribution < -0.4 is 5.32 Å². The molecule has 306 valence electrons. The highest BCUT2D eigenvalue weighted by Crippen LogP contribution is 2.41. The minimum absolute atomic E-state index is 0.0255. The number of carbonyl (C=O) groups is 4. The van der Waals surface area contributed by atoms with Crippen molar-refractivity contribution in [3.8, 4) is 0 Å². The maximum absolute atomic E-state index is 15.0. The highest BCUT2D eigenvalue weighted by Gasteiger charge is 2.59. The molecule has 0 aromatic heterocycles. The minimum atomic E-state index is -2.76. The summed E-state index contributed by atoms with van der Waals surface area (Å²) in [5.41, 5.74) is -4.95. The number of amides is 1. The van der Waals surface area contributed by atoms with E-state index in [1.54, 1.807) is 52.8 Å². The first-order chi connectivity index (χ1) is 25.8. The smallest absolute Gasteiger partial charge is 0.408 e. The van der Waals surface area contributed by atoms with Gasteiger partial charge in [0.15, 0.2) is 17.7 Å². The molecule has 3 aliphatic rings. The van der Waals surface area contributed by atoms with Gasteiger partial charge in [0.2, 0.25) is 5.60 Å². The Morgan fingerprint density at radius 1 is 1.02 bits per heavy atom. The predicted octanol–water partition coefficient (Wildman–Crippen LogP) is 4.62. The van der Waals surface area contributed by atoms with Gasteiger partial charge in [0.05, 0.1) is 30.5 Å². The number of nitrogens with zero attached hydrogens (tertiary/aromatic N) is 1. The quantitative estimate of drug-likeness (QED) is 0.172.